The molecular weight excluding hydrogens is 202 g/mol. The predicted octanol–water partition coefficient (Wildman–Crippen LogP) is 2.26. The SMILES string of the molecule is CCCOCC(=O)c1ccc2c(c1)CCN2. The molecule has 16 heavy (non-hydrogen) atoms. The Morgan fingerprint density at radius 1 is 1.50 bits per heavy atom. The highest BCUT2D eigenvalue weighted by molar-refractivity contribution is 5.97. The number of hydrogen-bond donors (Lipinski definition) is 1. The second-order valence-corrected chi connectivity index (χ2v) is 4.02. The van der Waals surface area contributed by atoms with Crippen molar-refractivity contribution in [2.24, 2.45) is 0 Å². The van der Waals surface area contributed by atoms with Crippen molar-refractivity contribution in [2.75, 3.05) is 25.1 Å². The number of fused-ring (bicyclic) bond motifs is 1. The number of anilines is 1. The fourth-order valence-electron chi connectivity index (χ4n) is 1.87. The summed E-state index contributed by atoms with van der Waals surface area (Å²) < 4.78 is 5.25. The number of nitrogens with one attached hydrogen (secondary N) is 1. The second-order valence-electron chi connectivity index (χ2n) is 4.02. The van der Waals surface area contributed by atoms with Gasteiger partial charge in [0.1, 0.15) is 6.61 Å². The van der Waals surface area contributed by atoms with Crippen molar-refractivity contribution in [2.45, 2.75) is 19.8 Å². The lowest BCUT2D eigenvalue weighted by Crippen LogP contribution is -2.09. The number of benzene rings is 1. The minimum atomic E-state index is 0.0724. The molecule has 1 aromatic rings. The lowest BCUT2D eigenvalue weighted by Gasteiger charge is -2.04. The van der Waals surface area contributed by atoms with Crippen LogP contribution in [-0.4, -0.2) is 25.5 Å². The molecule has 0 bridgehead atoms. The third-order valence-corrected chi connectivity index (χ3v) is 2.72. The summed E-state index contributed by atoms with van der Waals surface area (Å²) in [6.45, 7) is 3.85. The van der Waals surface area contributed by atoms with Gasteiger partial charge in [0.05, 0.1) is 0 Å². The quantitative estimate of drug-likeness (QED) is 0.610. The van der Waals surface area contributed by atoms with Crippen LogP contribution in [0.3, 0.4) is 0 Å². The molecule has 0 fully saturated rings. The minimum absolute atomic E-state index is 0.0724. The highest BCUT2D eigenvalue weighted by Crippen LogP contribution is 2.23. The van der Waals surface area contributed by atoms with E-state index in [0.717, 1.165) is 30.6 Å². The molecule has 2 rings (SSSR count). The Morgan fingerprint density at radius 3 is 3.19 bits per heavy atom. The van der Waals surface area contributed by atoms with Crippen LogP contribution in [0.4, 0.5) is 5.69 Å². The number of carbonyl (C=O) groups excluding carboxylic acids is 1. The van der Waals surface area contributed by atoms with Crippen molar-refractivity contribution in [1.29, 1.82) is 0 Å². The molecule has 0 saturated heterocycles. The molecule has 0 spiro atoms. The molecule has 0 saturated carbocycles. The lowest BCUT2D eigenvalue weighted by molar-refractivity contribution is 0.0761. The van der Waals surface area contributed by atoms with E-state index < -0.39 is 0 Å². The Balaban J connectivity index is 2.01. The first-order valence-electron chi connectivity index (χ1n) is 5.79. The normalized spacial score (nSPS) is 13.3. The lowest BCUT2D eigenvalue weighted by atomic mass is 10.1. The fraction of sp³-hybridized carbons (Fsp3) is 0.462. The van der Waals surface area contributed by atoms with E-state index in [0.29, 0.717) is 6.61 Å². The van der Waals surface area contributed by atoms with Gasteiger partial charge in [0.25, 0.3) is 0 Å². The minimum Gasteiger partial charge on any atom is -0.384 e. The van der Waals surface area contributed by atoms with E-state index in [1.807, 2.05) is 25.1 Å². The maximum Gasteiger partial charge on any atom is 0.188 e. The van der Waals surface area contributed by atoms with E-state index in [-0.39, 0.29) is 12.4 Å². The highest BCUT2D eigenvalue weighted by Gasteiger charge is 2.13. The van der Waals surface area contributed by atoms with Gasteiger partial charge < -0.3 is 10.1 Å². The number of ketones is 1. The van der Waals surface area contributed by atoms with Crippen LogP contribution in [0, 0.1) is 0 Å². The molecule has 0 atom stereocenters. The predicted molar refractivity (Wildman–Crippen MR) is 64.1 cm³/mol. The second kappa shape index (κ2) is 5.12. The Hall–Kier alpha value is -1.35. The molecule has 1 heterocycles. The van der Waals surface area contributed by atoms with Crippen LogP contribution < -0.4 is 5.32 Å². The zero-order valence-corrected chi connectivity index (χ0v) is 9.58. The van der Waals surface area contributed by atoms with Crippen LogP contribution in [0.25, 0.3) is 0 Å². The van der Waals surface area contributed by atoms with Gasteiger partial charge >= 0.3 is 0 Å². The number of ether oxygens (including phenoxy) is 1. The first-order chi connectivity index (χ1) is 7.81. The molecule has 1 N–H and O–H groups in total. The van der Waals surface area contributed by atoms with Gasteiger partial charge in [-0.15, -0.1) is 0 Å². The average molecular weight is 219 g/mol. The molecule has 0 radical (unpaired) electrons. The summed E-state index contributed by atoms with van der Waals surface area (Å²) in [6, 6.07) is 5.83. The van der Waals surface area contributed by atoms with Crippen LogP contribution in [0.1, 0.15) is 29.3 Å². The molecule has 86 valence electrons. The van der Waals surface area contributed by atoms with Crippen LogP contribution in [0.2, 0.25) is 0 Å². The monoisotopic (exact) mass is 219 g/mol. The number of carbonyl (C=O) groups is 1. The van der Waals surface area contributed by atoms with Gasteiger partial charge in [0.2, 0.25) is 0 Å². The van der Waals surface area contributed by atoms with E-state index in [2.05, 4.69) is 5.32 Å². The first kappa shape index (κ1) is 11.1. The average Bonchev–Trinajstić information content (AvgIpc) is 2.76. The Labute approximate surface area is 95.8 Å². The summed E-state index contributed by atoms with van der Waals surface area (Å²) in [5.41, 5.74) is 3.16. The van der Waals surface area contributed by atoms with Crippen molar-refractivity contribution < 1.29 is 9.53 Å². The molecule has 1 aliphatic heterocycles. The molecule has 3 nitrogen and oxygen atoms in total. The van der Waals surface area contributed by atoms with Gasteiger partial charge in [0.15, 0.2) is 5.78 Å². The summed E-state index contributed by atoms with van der Waals surface area (Å²) >= 11 is 0. The summed E-state index contributed by atoms with van der Waals surface area (Å²) in [4.78, 5) is 11.8. The smallest absolute Gasteiger partial charge is 0.188 e. The molecule has 1 aromatic carbocycles. The van der Waals surface area contributed by atoms with E-state index in [1.165, 1.54) is 5.56 Å². The maximum atomic E-state index is 11.8. The van der Waals surface area contributed by atoms with Gasteiger partial charge in [-0.2, -0.15) is 0 Å². The molecule has 3 heteroatoms. The van der Waals surface area contributed by atoms with Crippen LogP contribution in [0.15, 0.2) is 18.2 Å². The highest BCUT2D eigenvalue weighted by atomic mass is 16.5. The summed E-state index contributed by atoms with van der Waals surface area (Å²) in [5.74, 6) is 0.0724. The molecule has 0 aliphatic carbocycles. The molecule has 0 amide bonds. The summed E-state index contributed by atoms with van der Waals surface area (Å²) in [6.07, 6.45) is 1.95. The molecule has 0 unspecified atom stereocenters. The number of rotatable bonds is 5. The van der Waals surface area contributed by atoms with Crippen LogP contribution >= 0.6 is 0 Å². The van der Waals surface area contributed by atoms with Gasteiger partial charge in [0, 0.05) is 24.4 Å². The molecular formula is C13H17NO2. The standard InChI is InChI=1S/C13H17NO2/c1-2-7-16-9-13(15)11-3-4-12-10(8-11)5-6-14-12/h3-4,8,14H,2,5-7,9H2,1H3. The third-order valence-electron chi connectivity index (χ3n) is 2.72. The van der Waals surface area contributed by atoms with E-state index in [4.69, 9.17) is 4.74 Å². The van der Waals surface area contributed by atoms with E-state index in [1.54, 1.807) is 0 Å². The molecule has 0 aromatic heterocycles. The van der Waals surface area contributed by atoms with Crippen molar-refractivity contribution in [3.05, 3.63) is 29.3 Å². The van der Waals surface area contributed by atoms with Crippen molar-refractivity contribution in [3.63, 3.8) is 0 Å². The largest absolute Gasteiger partial charge is 0.384 e. The third kappa shape index (κ3) is 2.42. The van der Waals surface area contributed by atoms with Gasteiger partial charge in [-0.25, -0.2) is 0 Å². The fourth-order valence-corrected chi connectivity index (χ4v) is 1.87. The van der Waals surface area contributed by atoms with E-state index in [9.17, 15) is 4.79 Å². The zero-order valence-electron chi connectivity index (χ0n) is 9.58. The number of hydrogen-bond acceptors (Lipinski definition) is 3. The Kier molecular flexibility index (Phi) is 3.57. The Bertz CT molecular complexity index is 388. The summed E-state index contributed by atoms with van der Waals surface area (Å²) in [7, 11) is 0. The van der Waals surface area contributed by atoms with Crippen molar-refractivity contribution in [3.8, 4) is 0 Å². The van der Waals surface area contributed by atoms with Gasteiger partial charge in [-0.3, -0.25) is 4.79 Å². The van der Waals surface area contributed by atoms with Gasteiger partial charge in [-0.1, -0.05) is 6.92 Å². The maximum absolute atomic E-state index is 11.8. The van der Waals surface area contributed by atoms with Crippen LogP contribution in [0.5, 0.6) is 0 Å². The Morgan fingerprint density at radius 2 is 2.38 bits per heavy atom. The van der Waals surface area contributed by atoms with Crippen LogP contribution in [-0.2, 0) is 11.2 Å². The van der Waals surface area contributed by atoms with Crippen molar-refractivity contribution >= 4 is 11.5 Å². The van der Waals surface area contributed by atoms with Crippen molar-refractivity contribution in [1.82, 2.24) is 0 Å². The van der Waals surface area contributed by atoms with Gasteiger partial charge in [-0.05, 0) is 36.6 Å². The number of Topliss-reactive ketones (excluding diaryl/α,β-unsaturated/α-hetero) is 1. The first-order valence-corrected chi connectivity index (χ1v) is 5.79. The zero-order chi connectivity index (χ0) is 11.4. The molecule has 1 aliphatic rings. The topological polar surface area (TPSA) is 38.3 Å². The summed E-state index contributed by atoms with van der Waals surface area (Å²) in [5, 5.41) is 3.28. The van der Waals surface area contributed by atoms with E-state index >= 15 is 0 Å².